The Bertz CT molecular complexity index is 421. The largest absolute Gasteiger partial charge is 0.0985 e. The van der Waals surface area contributed by atoms with Gasteiger partial charge in [0.15, 0.2) is 0 Å². The van der Waals surface area contributed by atoms with Crippen LogP contribution >= 0.6 is 0 Å². The van der Waals surface area contributed by atoms with Gasteiger partial charge < -0.3 is 0 Å². The lowest BCUT2D eigenvalue weighted by atomic mass is 9.97. The summed E-state index contributed by atoms with van der Waals surface area (Å²) in [4.78, 5) is 0. The topological polar surface area (TPSA) is 0 Å². The fourth-order valence-corrected chi connectivity index (χ4v) is 1.95. The molecule has 1 atom stereocenters. The molecule has 1 aliphatic carbocycles. The van der Waals surface area contributed by atoms with Crippen molar-refractivity contribution >= 4 is 0 Å². The summed E-state index contributed by atoms with van der Waals surface area (Å²) < 4.78 is 0. The third-order valence-electron chi connectivity index (χ3n) is 2.89. The van der Waals surface area contributed by atoms with Crippen LogP contribution < -0.4 is 0 Å². The van der Waals surface area contributed by atoms with Crippen LogP contribution in [-0.4, -0.2) is 0 Å². The predicted molar refractivity (Wildman–Crippen MR) is 65.8 cm³/mol. The van der Waals surface area contributed by atoms with Crippen molar-refractivity contribution in [3.8, 4) is 0 Å². The molecule has 76 valence electrons. The Morgan fingerprint density at radius 1 is 1.33 bits per heavy atom. The number of rotatable bonds is 3. The summed E-state index contributed by atoms with van der Waals surface area (Å²) in [5, 5.41) is 0. The van der Waals surface area contributed by atoms with Gasteiger partial charge >= 0.3 is 0 Å². The van der Waals surface area contributed by atoms with E-state index in [1.54, 1.807) is 0 Å². The second-order valence-electron chi connectivity index (χ2n) is 4.02. The summed E-state index contributed by atoms with van der Waals surface area (Å²) in [5.41, 5.74) is 4.06. The van der Waals surface area contributed by atoms with Crippen molar-refractivity contribution in [2.45, 2.75) is 13.3 Å². The second-order valence-corrected chi connectivity index (χ2v) is 4.02. The van der Waals surface area contributed by atoms with E-state index in [2.05, 4.69) is 56.0 Å². The number of hydrogen-bond acceptors (Lipinski definition) is 0. The maximum atomic E-state index is 3.78. The fourth-order valence-electron chi connectivity index (χ4n) is 1.95. The highest BCUT2D eigenvalue weighted by Crippen LogP contribution is 2.22. The van der Waals surface area contributed by atoms with Crippen LogP contribution in [0, 0.1) is 12.8 Å². The molecule has 1 unspecified atom stereocenters. The van der Waals surface area contributed by atoms with Crippen molar-refractivity contribution in [1.82, 2.24) is 0 Å². The molecule has 2 rings (SSSR count). The Morgan fingerprint density at radius 2 is 2.13 bits per heavy atom. The van der Waals surface area contributed by atoms with E-state index in [0.717, 1.165) is 6.42 Å². The summed E-state index contributed by atoms with van der Waals surface area (Å²) in [6, 6.07) is 8.59. The van der Waals surface area contributed by atoms with E-state index in [9.17, 15) is 0 Å². The van der Waals surface area contributed by atoms with E-state index in [1.807, 2.05) is 6.08 Å². The quantitative estimate of drug-likeness (QED) is 0.689. The SMILES string of the molecule is C=CC1=CC(Cc2ccccc2C)C=C1. The highest BCUT2D eigenvalue weighted by atomic mass is 14.1. The Morgan fingerprint density at radius 3 is 2.80 bits per heavy atom. The Hall–Kier alpha value is -1.56. The summed E-state index contributed by atoms with van der Waals surface area (Å²) in [6.07, 6.45) is 9.69. The van der Waals surface area contributed by atoms with Gasteiger partial charge in [0.2, 0.25) is 0 Å². The first-order chi connectivity index (χ1) is 7.29. The summed E-state index contributed by atoms with van der Waals surface area (Å²) >= 11 is 0. The van der Waals surface area contributed by atoms with Gasteiger partial charge in [0.05, 0.1) is 0 Å². The van der Waals surface area contributed by atoms with Crippen LogP contribution in [-0.2, 0) is 6.42 Å². The first-order valence-corrected chi connectivity index (χ1v) is 5.36. The van der Waals surface area contributed by atoms with Crippen molar-refractivity contribution in [3.63, 3.8) is 0 Å². The smallest absolute Gasteiger partial charge is 0.0000654 e. The van der Waals surface area contributed by atoms with E-state index in [1.165, 1.54) is 16.7 Å². The Labute approximate surface area is 91.6 Å². The Balaban J connectivity index is 2.12. The van der Waals surface area contributed by atoms with Crippen LogP contribution in [0.15, 0.2) is 60.7 Å². The van der Waals surface area contributed by atoms with Crippen LogP contribution in [0.25, 0.3) is 0 Å². The summed E-state index contributed by atoms with van der Waals surface area (Å²) in [6.45, 7) is 5.95. The first kappa shape index (κ1) is 9.97. The molecule has 15 heavy (non-hydrogen) atoms. The van der Waals surface area contributed by atoms with Crippen molar-refractivity contribution in [1.29, 1.82) is 0 Å². The van der Waals surface area contributed by atoms with Crippen LogP contribution in [0.2, 0.25) is 0 Å². The maximum absolute atomic E-state index is 3.78. The number of allylic oxidation sites excluding steroid dienone is 5. The molecule has 0 radical (unpaired) electrons. The van der Waals surface area contributed by atoms with E-state index in [-0.39, 0.29) is 0 Å². The lowest BCUT2D eigenvalue weighted by Crippen LogP contribution is -1.97. The van der Waals surface area contributed by atoms with Gasteiger partial charge in [-0.3, -0.25) is 0 Å². The highest BCUT2D eigenvalue weighted by Gasteiger charge is 2.09. The molecule has 0 spiro atoms. The van der Waals surface area contributed by atoms with Crippen molar-refractivity contribution < 1.29 is 0 Å². The van der Waals surface area contributed by atoms with E-state index >= 15 is 0 Å². The monoisotopic (exact) mass is 196 g/mol. The molecule has 0 aromatic heterocycles. The summed E-state index contributed by atoms with van der Waals surface area (Å²) in [7, 11) is 0. The molecule has 0 heteroatoms. The average Bonchev–Trinajstić information content (AvgIpc) is 2.69. The molecule has 0 N–H and O–H groups in total. The van der Waals surface area contributed by atoms with Crippen LogP contribution in [0.3, 0.4) is 0 Å². The molecule has 0 saturated carbocycles. The minimum absolute atomic E-state index is 0.541. The van der Waals surface area contributed by atoms with Crippen LogP contribution in [0.5, 0.6) is 0 Å². The van der Waals surface area contributed by atoms with Gasteiger partial charge in [0.1, 0.15) is 0 Å². The third-order valence-corrected chi connectivity index (χ3v) is 2.89. The number of benzene rings is 1. The van der Waals surface area contributed by atoms with Gasteiger partial charge in [-0.1, -0.05) is 55.1 Å². The molecule has 1 aromatic rings. The van der Waals surface area contributed by atoms with Crippen molar-refractivity contribution in [3.05, 3.63) is 71.8 Å². The summed E-state index contributed by atoms with van der Waals surface area (Å²) in [5.74, 6) is 0.541. The normalized spacial score (nSPS) is 19.0. The molecule has 1 aromatic carbocycles. The van der Waals surface area contributed by atoms with Crippen LogP contribution in [0.1, 0.15) is 11.1 Å². The minimum Gasteiger partial charge on any atom is -0.0985 e. The van der Waals surface area contributed by atoms with Crippen molar-refractivity contribution in [2.75, 3.05) is 0 Å². The van der Waals surface area contributed by atoms with E-state index in [0.29, 0.717) is 5.92 Å². The van der Waals surface area contributed by atoms with E-state index < -0.39 is 0 Å². The zero-order valence-corrected chi connectivity index (χ0v) is 9.11. The predicted octanol–water partition coefficient (Wildman–Crippen LogP) is 3.84. The zero-order chi connectivity index (χ0) is 10.7. The third kappa shape index (κ3) is 2.27. The molecule has 0 saturated heterocycles. The molecule has 0 heterocycles. The fraction of sp³-hybridized carbons (Fsp3) is 0.200. The zero-order valence-electron chi connectivity index (χ0n) is 9.11. The molecular formula is C15H16. The second kappa shape index (κ2) is 4.31. The van der Waals surface area contributed by atoms with Gasteiger partial charge in [-0.2, -0.15) is 0 Å². The van der Waals surface area contributed by atoms with E-state index in [4.69, 9.17) is 0 Å². The number of aryl methyl sites for hydroxylation is 1. The van der Waals surface area contributed by atoms with Gasteiger partial charge in [-0.15, -0.1) is 0 Å². The van der Waals surface area contributed by atoms with Gasteiger partial charge in [0.25, 0.3) is 0 Å². The molecule has 0 bridgehead atoms. The molecule has 0 amide bonds. The number of hydrogen-bond donors (Lipinski definition) is 0. The molecule has 0 aliphatic heterocycles. The molecular weight excluding hydrogens is 180 g/mol. The van der Waals surface area contributed by atoms with Crippen LogP contribution in [0.4, 0.5) is 0 Å². The molecule has 1 aliphatic rings. The average molecular weight is 196 g/mol. The molecule has 0 fully saturated rings. The van der Waals surface area contributed by atoms with Gasteiger partial charge in [-0.05, 0) is 36.0 Å². The standard InChI is InChI=1S/C15H16/c1-3-13-8-9-14(10-13)11-15-7-5-4-6-12(15)2/h3-10,14H,1,11H2,2H3. The minimum atomic E-state index is 0.541. The lowest BCUT2D eigenvalue weighted by Gasteiger charge is -2.08. The Kier molecular flexibility index (Phi) is 2.86. The van der Waals surface area contributed by atoms with Crippen molar-refractivity contribution in [2.24, 2.45) is 5.92 Å². The molecule has 0 nitrogen and oxygen atoms in total. The lowest BCUT2D eigenvalue weighted by molar-refractivity contribution is 0.809. The highest BCUT2D eigenvalue weighted by molar-refractivity contribution is 5.38. The van der Waals surface area contributed by atoms with Gasteiger partial charge in [-0.25, -0.2) is 0 Å². The first-order valence-electron chi connectivity index (χ1n) is 5.36. The van der Waals surface area contributed by atoms with Gasteiger partial charge in [0, 0.05) is 0 Å². The maximum Gasteiger partial charge on any atom is -0.0000654 e.